The van der Waals surface area contributed by atoms with Gasteiger partial charge in [0.25, 0.3) is 5.91 Å². The van der Waals surface area contributed by atoms with Gasteiger partial charge in [-0.3, -0.25) is 9.78 Å². The Balaban J connectivity index is 2.01. The fourth-order valence-corrected chi connectivity index (χ4v) is 2.62. The highest BCUT2D eigenvalue weighted by Gasteiger charge is 2.19. The van der Waals surface area contributed by atoms with Gasteiger partial charge in [0.05, 0.1) is 11.3 Å². The van der Waals surface area contributed by atoms with Crippen LogP contribution in [0.1, 0.15) is 48.8 Å². The van der Waals surface area contributed by atoms with Crippen molar-refractivity contribution in [3.63, 3.8) is 0 Å². The number of rotatable bonds is 6. The molecule has 1 amide bonds. The van der Waals surface area contributed by atoms with Crippen LogP contribution in [0, 0.1) is 5.82 Å². The van der Waals surface area contributed by atoms with Crippen LogP contribution in [-0.4, -0.2) is 22.5 Å². The maximum absolute atomic E-state index is 13.7. The minimum Gasteiger partial charge on any atom is -0.347 e. The molecule has 1 atom stereocenters. The van der Waals surface area contributed by atoms with E-state index >= 15 is 0 Å². The molecule has 0 saturated carbocycles. The Hall–Kier alpha value is -2.27. The van der Waals surface area contributed by atoms with Crippen LogP contribution in [0.15, 0.2) is 42.6 Å². The van der Waals surface area contributed by atoms with Crippen LogP contribution in [0.25, 0.3) is 0 Å². The van der Waals surface area contributed by atoms with Crippen LogP contribution in [0.3, 0.4) is 0 Å². The van der Waals surface area contributed by atoms with Crippen LogP contribution in [0.5, 0.6) is 0 Å². The lowest BCUT2D eigenvalue weighted by atomic mass is 9.99. The van der Waals surface area contributed by atoms with Gasteiger partial charge in [0, 0.05) is 17.8 Å². The largest absolute Gasteiger partial charge is 0.347 e. The number of benzene rings is 1. The zero-order valence-electron chi connectivity index (χ0n) is 15.1. The van der Waals surface area contributed by atoms with Crippen molar-refractivity contribution in [1.82, 2.24) is 10.3 Å². The first kappa shape index (κ1) is 19.1. The Morgan fingerprint density at radius 3 is 2.64 bits per heavy atom. The number of aromatic nitrogens is 1. The van der Waals surface area contributed by atoms with Crippen molar-refractivity contribution in [2.24, 2.45) is 5.73 Å². The van der Waals surface area contributed by atoms with E-state index in [1.54, 1.807) is 36.5 Å². The quantitative estimate of drug-likeness (QED) is 0.846. The molecule has 2 aromatic rings. The Morgan fingerprint density at radius 2 is 1.96 bits per heavy atom. The summed E-state index contributed by atoms with van der Waals surface area (Å²) >= 11 is 0. The molecule has 3 N–H and O–H groups in total. The molecule has 25 heavy (non-hydrogen) atoms. The van der Waals surface area contributed by atoms with Crippen molar-refractivity contribution in [2.75, 3.05) is 0 Å². The average Bonchev–Trinajstić information content (AvgIpc) is 2.54. The van der Waals surface area contributed by atoms with Gasteiger partial charge in [-0.05, 0) is 63.8 Å². The number of halogens is 1. The van der Waals surface area contributed by atoms with E-state index in [-0.39, 0.29) is 23.3 Å². The number of carbonyl (C=O) groups excluding carboxylic acids is 1. The molecule has 1 heterocycles. The molecule has 1 unspecified atom stereocenters. The molecular weight excluding hydrogens is 317 g/mol. The van der Waals surface area contributed by atoms with Gasteiger partial charge in [-0.1, -0.05) is 18.2 Å². The van der Waals surface area contributed by atoms with Crippen molar-refractivity contribution >= 4 is 5.91 Å². The fourth-order valence-electron chi connectivity index (χ4n) is 2.62. The van der Waals surface area contributed by atoms with E-state index in [4.69, 9.17) is 5.73 Å². The molecular formula is C20H26FN3O. The summed E-state index contributed by atoms with van der Waals surface area (Å²) in [5.74, 6) is -0.376. The first-order chi connectivity index (χ1) is 11.8. The highest BCUT2D eigenvalue weighted by molar-refractivity contribution is 5.95. The van der Waals surface area contributed by atoms with Gasteiger partial charge < -0.3 is 11.1 Å². The first-order valence-electron chi connectivity index (χ1n) is 8.51. The number of nitrogens with one attached hydrogen (secondary N) is 1. The second-order valence-corrected chi connectivity index (χ2v) is 7.30. The molecule has 0 fully saturated rings. The van der Waals surface area contributed by atoms with Crippen LogP contribution in [0.2, 0.25) is 0 Å². The third-order valence-corrected chi connectivity index (χ3v) is 3.82. The molecule has 2 rings (SSSR count). The zero-order chi connectivity index (χ0) is 18.4. The minimum atomic E-state index is -0.314. The molecule has 1 aromatic heterocycles. The molecule has 134 valence electrons. The lowest BCUT2D eigenvalue weighted by Crippen LogP contribution is -2.41. The molecule has 0 aliphatic heterocycles. The van der Waals surface area contributed by atoms with Gasteiger partial charge in [0.15, 0.2) is 0 Å². The van der Waals surface area contributed by atoms with Crippen molar-refractivity contribution < 1.29 is 9.18 Å². The molecule has 0 bridgehead atoms. The van der Waals surface area contributed by atoms with Gasteiger partial charge in [-0.2, -0.15) is 0 Å². The number of nitrogens with two attached hydrogens (primary N) is 1. The van der Waals surface area contributed by atoms with E-state index in [9.17, 15) is 9.18 Å². The fraction of sp³-hybridized carbons (Fsp3) is 0.400. The van der Waals surface area contributed by atoms with Crippen LogP contribution in [0.4, 0.5) is 4.39 Å². The predicted octanol–water partition coefficient (Wildman–Crippen LogP) is 3.25. The molecule has 1 aromatic carbocycles. The maximum atomic E-state index is 13.7. The van der Waals surface area contributed by atoms with Crippen molar-refractivity contribution in [3.05, 3.63) is 65.2 Å². The number of carbonyl (C=O) groups is 1. The number of nitrogens with zero attached hydrogens (tertiary/aromatic N) is 1. The monoisotopic (exact) mass is 343 g/mol. The standard InChI is InChI=1S/C20H26FN3O/c1-20(2,3)24-19(25)16-8-6-12-23-18(16)11-10-15(22)13-14-7-4-5-9-17(14)21/h4-9,12,15H,10-11,13,22H2,1-3H3,(H,24,25). The Labute approximate surface area is 148 Å². The summed E-state index contributed by atoms with van der Waals surface area (Å²) in [6, 6.07) is 9.98. The number of amides is 1. The third-order valence-electron chi connectivity index (χ3n) is 3.82. The number of pyridine rings is 1. The van der Waals surface area contributed by atoms with E-state index in [0.29, 0.717) is 36.1 Å². The van der Waals surface area contributed by atoms with Crippen molar-refractivity contribution in [2.45, 2.75) is 51.6 Å². The Bertz CT molecular complexity index is 725. The first-order valence-corrected chi connectivity index (χ1v) is 8.51. The average molecular weight is 343 g/mol. The SMILES string of the molecule is CC(C)(C)NC(=O)c1cccnc1CCC(N)Cc1ccccc1F. The third kappa shape index (κ3) is 5.94. The van der Waals surface area contributed by atoms with E-state index in [1.807, 2.05) is 20.8 Å². The predicted molar refractivity (Wildman–Crippen MR) is 97.9 cm³/mol. The summed E-state index contributed by atoms with van der Waals surface area (Å²) in [7, 11) is 0. The zero-order valence-corrected chi connectivity index (χ0v) is 15.1. The summed E-state index contributed by atoms with van der Waals surface area (Å²) in [4.78, 5) is 16.8. The molecule has 5 heteroatoms. The summed E-state index contributed by atoms with van der Waals surface area (Å²) in [5, 5.41) is 2.95. The van der Waals surface area contributed by atoms with Gasteiger partial charge in [0.1, 0.15) is 5.82 Å². The highest BCUT2D eigenvalue weighted by Crippen LogP contribution is 2.14. The number of hydrogen-bond acceptors (Lipinski definition) is 3. The Morgan fingerprint density at radius 1 is 1.24 bits per heavy atom. The number of aryl methyl sites for hydroxylation is 1. The van der Waals surface area contributed by atoms with E-state index in [1.165, 1.54) is 6.07 Å². The van der Waals surface area contributed by atoms with Crippen molar-refractivity contribution in [1.29, 1.82) is 0 Å². The van der Waals surface area contributed by atoms with E-state index in [0.717, 1.165) is 0 Å². The second kappa shape index (κ2) is 8.21. The van der Waals surface area contributed by atoms with Crippen molar-refractivity contribution in [3.8, 4) is 0 Å². The minimum absolute atomic E-state index is 0.140. The summed E-state index contributed by atoms with van der Waals surface area (Å²) < 4.78 is 13.7. The van der Waals surface area contributed by atoms with Crippen LogP contribution < -0.4 is 11.1 Å². The topological polar surface area (TPSA) is 68.0 Å². The molecule has 0 spiro atoms. The van der Waals surface area contributed by atoms with E-state index in [2.05, 4.69) is 10.3 Å². The molecule has 0 aliphatic rings. The lowest BCUT2D eigenvalue weighted by molar-refractivity contribution is 0.0918. The van der Waals surface area contributed by atoms with E-state index < -0.39 is 0 Å². The molecule has 0 aliphatic carbocycles. The summed E-state index contributed by atoms with van der Waals surface area (Å²) in [6.07, 6.45) is 3.33. The Kier molecular flexibility index (Phi) is 6.26. The molecule has 0 radical (unpaired) electrons. The van der Waals surface area contributed by atoms with Gasteiger partial charge in [-0.25, -0.2) is 4.39 Å². The smallest absolute Gasteiger partial charge is 0.253 e. The summed E-state index contributed by atoms with van der Waals surface area (Å²) in [6.45, 7) is 5.81. The maximum Gasteiger partial charge on any atom is 0.253 e. The molecule has 0 saturated heterocycles. The van der Waals surface area contributed by atoms with Gasteiger partial charge >= 0.3 is 0 Å². The van der Waals surface area contributed by atoms with Gasteiger partial charge in [0.2, 0.25) is 0 Å². The molecule has 4 nitrogen and oxygen atoms in total. The number of hydrogen-bond donors (Lipinski definition) is 2. The van der Waals surface area contributed by atoms with Crippen LogP contribution >= 0.6 is 0 Å². The summed E-state index contributed by atoms with van der Waals surface area (Å²) in [5.41, 5.74) is 7.74. The van der Waals surface area contributed by atoms with Gasteiger partial charge in [-0.15, -0.1) is 0 Å². The second-order valence-electron chi connectivity index (χ2n) is 7.30. The normalized spacial score (nSPS) is 12.7. The highest BCUT2D eigenvalue weighted by atomic mass is 19.1. The van der Waals surface area contributed by atoms with Crippen LogP contribution in [-0.2, 0) is 12.8 Å². The lowest BCUT2D eigenvalue weighted by Gasteiger charge is -2.21.